The molecule has 86 valence electrons. The van der Waals surface area contributed by atoms with Crippen molar-refractivity contribution in [2.45, 2.75) is 0 Å². The van der Waals surface area contributed by atoms with Crippen LogP contribution in [-0.2, 0) is 0 Å². The van der Waals surface area contributed by atoms with E-state index < -0.39 is 0 Å². The van der Waals surface area contributed by atoms with Crippen molar-refractivity contribution in [1.82, 2.24) is 15.0 Å². The molecule has 3 nitrogen and oxygen atoms in total. The molecule has 0 aliphatic heterocycles. The van der Waals surface area contributed by atoms with Gasteiger partial charge in [0.05, 0.1) is 25.5 Å². The van der Waals surface area contributed by atoms with Crippen LogP contribution in [0.3, 0.4) is 0 Å². The van der Waals surface area contributed by atoms with Gasteiger partial charge in [-0.1, -0.05) is 18.2 Å². The van der Waals surface area contributed by atoms with Gasteiger partial charge in [0.1, 0.15) is 0 Å². The zero-order valence-corrected chi connectivity index (χ0v) is 9.54. The van der Waals surface area contributed by atoms with Gasteiger partial charge in [-0.3, -0.25) is 9.97 Å². The second kappa shape index (κ2) is 4.75. The molecule has 0 fully saturated rings. The smallest absolute Gasteiger partial charge is 0.0894 e. The third-order valence-electron chi connectivity index (χ3n) is 2.49. The lowest BCUT2D eigenvalue weighted by Crippen LogP contribution is -1.90. The first-order valence-corrected chi connectivity index (χ1v) is 5.57. The second-order valence-corrected chi connectivity index (χ2v) is 3.71. The van der Waals surface area contributed by atoms with E-state index in [4.69, 9.17) is 2.74 Å². The van der Waals surface area contributed by atoms with Crippen LogP contribution < -0.4 is 0 Å². The Hall–Kier alpha value is -2.55. The first kappa shape index (κ1) is 8.53. The Balaban J connectivity index is 2.06. The summed E-state index contributed by atoms with van der Waals surface area (Å²) in [4.78, 5) is 12.8. The normalized spacial score (nSPS) is 11.8. The summed E-state index contributed by atoms with van der Waals surface area (Å²) in [6.07, 6.45) is 0.418. The van der Waals surface area contributed by atoms with Crippen LogP contribution in [0.5, 0.6) is 0 Å². The van der Waals surface area contributed by atoms with E-state index in [9.17, 15) is 0 Å². The fourth-order valence-electron chi connectivity index (χ4n) is 1.66. The summed E-state index contributed by atoms with van der Waals surface area (Å²) in [5.74, 6) is 0. The Morgan fingerprint density at radius 1 is 0.611 bits per heavy atom. The van der Waals surface area contributed by atoms with Crippen LogP contribution in [0.15, 0.2) is 66.9 Å². The SMILES string of the molecule is [2H]c1cccc(-c2cccc(-c3cccc([2H])n3)n2)n1. The third-order valence-corrected chi connectivity index (χ3v) is 2.49. The van der Waals surface area contributed by atoms with Crippen molar-refractivity contribution >= 4 is 0 Å². The van der Waals surface area contributed by atoms with E-state index in [1.165, 1.54) is 0 Å². The first-order chi connectivity index (χ1) is 9.72. The molecule has 3 aromatic rings. The zero-order chi connectivity index (χ0) is 13.9. The number of nitrogens with zero attached hydrogens (tertiary/aromatic N) is 3. The first-order valence-electron chi connectivity index (χ1n) is 6.57. The molecule has 0 saturated carbocycles. The second-order valence-electron chi connectivity index (χ2n) is 3.71. The summed E-state index contributed by atoms with van der Waals surface area (Å²) in [6, 6.07) is 16.0. The number of pyridine rings is 3. The minimum absolute atomic E-state index is 0.209. The van der Waals surface area contributed by atoms with Crippen LogP contribution in [0.1, 0.15) is 2.74 Å². The van der Waals surface area contributed by atoms with Crippen molar-refractivity contribution < 1.29 is 2.74 Å². The molecule has 0 saturated heterocycles. The molecule has 3 rings (SSSR count). The Labute approximate surface area is 108 Å². The molecule has 0 radical (unpaired) electrons. The van der Waals surface area contributed by atoms with Gasteiger partial charge in [0.25, 0.3) is 0 Å². The standard InChI is InChI=1S/C15H11N3/c1-3-10-16-12(6-1)14-8-5-9-15(18-14)13-7-2-4-11-17-13/h1-11H/i10D,11D. The highest BCUT2D eigenvalue weighted by Gasteiger charge is 2.03. The van der Waals surface area contributed by atoms with E-state index in [1.807, 2.05) is 30.3 Å². The molecule has 3 aromatic heterocycles. The molecule has 18 heavy (non-hydrogen) atoms. The highest BCUT2D eigenvalue weighted by molar-refractivity contribution is 5.61. The van der Waals surface area contributed by atoms with Crippen molar-refractivity contribution in [1.29, 1.82) is 0 Å². The van der Waals surface area contributed by atoms with Gasteiger partial charge in [-0.25, -0.2) is 4.98 Å². The number of hydrogen-bond acceptors (Lipinski definition) is 3. The highest BCUT2D eigenvalue weighted by Crippen LogP contribution is 2.19. The molecule has 3 heteroatoms. The summed E-state index contributed by atoms with van der Waals surface area (Å²) in [5.41, 5.74) is 2.69. The van der Waals surface area contributed by atoms with Gasteiger partial charge in [0.2, 0.25) is 0 Å². The number of hydrogen-bond donors (Lipinski definition) is 0. The van der Waals surface area contributed by atoms with Crippen LogP contribution in [0.2, 0.25) is 0 Å². The monoisotopic (exact) mass is 235 g/mol. The summed E-state index contributed by atoms with van der Waals surface area (Å²) in [7, 11) is 0. The maximum absolute atomic E-state index is 7.56. The summed E-state index contributed by atoms with van der Waals surface area (Å²) in [6.45, 7) is 0. The fraction of sp³-hybridized carbons (Fsp3) is 0. The molecular formula is C15H11N3. The Morgan fingerprint density at radius 2 is 1.11 bits per heavy atom. The fourth-order valence-corrected chi connectivity index (χ4v) is 1.66. The lowest BCUT2D eigenvalue weighted by molar-refractivity contribution is 1.22. The van der Waals surface area contributed by atoms with Gasteiger partial charge in [-0.2, -0.15) is 0 Å². The van der Waals surface area contributed by atoms with Gasteiger partial charge in [0, 0.05) is 12.3 Å². The van der Waals surface area contributed by atoms with Gasteiger partial charge < -0.3 is 0 Å². The number of rotatable bonds is 2. The molecule has 0 atom stereocenters. The third kappa shape index (κ3) is 2.11. The Morgan fingerprint density at radius 3 is 1.61 bits per heavy atom. The molecule has 0 N–H and O–H groups in total. The maximum Gasteiger partial charge on any atom is 0.0894 e. The van der Waals surface area contributed by atoms with Crippen LogP contribution in [0, 0.1) is 0 Å². The summed E-state index contributed by atoms with van der Waals surface area (Å²) >= 11 is 0. The van der Waals surface area contributed by atoms with Crippen LogP contribution in [0.4, 0.5) is 0 Å². The summed E-state index contributed by atoms with van der Waals surface area (Å²) in [5, 5.41) is 0. The number of aromatic nitrogens is 3. The lowest BCUT2D eigenvalue weighted by Gasteiger charge is -2.03. The Kier molecular flexibility index (Phi) is 2.25. The van der Waals surface area contributed by atoms with Crippen molar-refractivity contribution in [3.05, 3.63) is 66.9 Å². The molecule has 3 heterocycles. The van der Waals surface area contributed by atoms with Crippen molar-refractivity contribution in [2.75, 3.05) is 0 Å². The van der Waals surface area contributed by atoms with E-state index in [1.54, 1.807) is 24.3 Å². The van der Waals surface area contributed by atoms with E-state index in [0.717, 1.165) is 0 Å². The van der Waals surface area contributed by atoms with Gasteiger partial charge in [-0.05, 0) is 36.4 Å². The molecule has 0 spiro atoms. The predicted octanol–water partition coefficient (Wildman–Crippen LogP) is 3.21. The minimum atomic E-state index is 0.209. The van der Waals surface area contributed by atoms with Crippen LogP contribution in [0.25, 0.3) is 22.8 Å². The van der Waals surface area contributed by atoms with Crippen molar-refractivity contribution in [3.8, 4) is 22.8 Å². The van der Waals surface area contributed by atoms with Crippen molar-refractivity contribution in [3.63, 3.8) is 0 Å². The van der Waals surface area contributed by atoms with Crippen LogP contribution in [-0.4, -0.2) is 15.0 Å². The largest absolute Gasteiger partial charge is 0.255 e. The molecule has 0 unspecified atom stereocenters. The minimum Gasteiger partial charge on any atom is -0.255 e. The predicted molar refractivity (Wildman–Crippen MR) is 70.7 cm³/mol. The van der Waals surface area contributed by atoms with E-state index >= 15 is 0 Å². The highest BCUT2D eigenvalue weighted by atomic mass is 14.8. The van der Waals surface area contributed by atoms with Crippen LogP contribution >= 0.6 is 0 Å². The van der Waals surface area contributed by atoms with Gasteiger partial charge in [0.15, 0.2) is 0 Å². The quantitative estimate of drug-likeness (QED) is 0.684. The molecule has 0 aromatic carbocycles. The summed E-state index contributed by atoms with van der Waals surface area (Å²) < 4.78 is 15.1. The van der Waals surface area contributed by atoms with Crippen molar-refractivity contribution in [2.24, 2.45) is 0 Å². The Bertz CT molecular complexity index is 699. The average molecular weight is 235 g/mol. The maximum atomic E-state index is 7.56. The van der Waals surface area contributed by atoms with Gasteiger partial charge in [-0.15, -0.1) is 0 Å². The molecule has 0 amide bonds. The average Bonchev–Trinajstić information content (AvgIpc) is 2.47. The van der Waals surface area contributed by atoms with E-state index in [2.05, 4.69) is 15.0 Å². The zero-order valence-electron chi connectivity index (χ0n) is 11.5. The topological polar surface area (TPSA) is 38.7 Å². The molecule has 0 aliphatic rings. The molecule has 0 aliphatic carbocycles. The van der Waals surface area contributed by atoms with E-state index in [0.29, 0.717) is 22.8 Å². The molecular weight excluding hydrogens is 222 g/mol. The van der Waals surface area contributed by atoms with Gasteiger partial charge >= 0.3 is 0 Å². The lowest BCUT2D eigenvalue weighted by atomic mass is 10.2. The van der Waals surface area contributed by atoms with E-state index in [-0.39, 0.29) is 12.3 Å². The molecule has 0 bridgehead atoms.